The molecule has 0 atom stereocenters. The van der Waals surface area contributed by atoms with Crippen LogP contribution in [0.1, 0.15) is 13.8 Å². The summed E-state index contributed by atoms with van der Waals surface area (Å²) < 4.78 is 6.44. The molecule has 0 aromatic heterocycles. The Bertz CT molecular complexity index is 233. The van der Waals surface area contributed by atoms with Crippen molar-refractivity contribution in [2.24, 2.45) is 0 Å². The highest BCUT2D eigenvalue weighted by atomic mass is 16.5. The molecule has 0 unspecified atom stereocenters. The van der Waals surface area contributed by atoms with E-state index in [4.69, 9.17) is 9.84 Å². The molecule has 0 aromatic rings. The van der Waals surface area contributed by atoms with Crippen LogP contribution in [-0.4, -0.2) is 105 Å². The first-order chi connectivity index (χ1) is 9.78. The largest absolute Gasteiger partial charge is 0.395 e. The van der Waals surface area contributed by atoms with E-state index in [9.17, 15) is 0 Å². The molecular weight excluding hydrogens is 254 g/mol. The van der Waals surface area contributed by atoms with E-state index in [0.717, 1.165) is 32.8 Å². The number of β-amino-alcohol motifs (C(OH)–C–C–N with tert-alkyl or cyclic N) is 1. The molecule has 0 saturated carbocycles. The van der Waals surface area contributed by atoms with Gasteiger partial charge in [0.15, 0.2) is 0 Å². The summed E-state index contributed by atoms with van der Waals surface area (Å²) in [4.78, 5) is 4.91. The second-order valence-corrected chi connectivity index (χ2v) is 5.64. The monoisotopic (exact) mass is 288 g/mol. The van der Waals surface area contributed by atoms with Crippen LogP contribution in [0, 0.1) is 0 Å². The molecular formula is C15H34N3O2+. The molecule has 0 radical (unpaired) electrons. The zero-order chi connectivity index (χ0) is 14.8. The molecule has 2 saturated heterocycles. The number of piperazine rings is 2. The van der Waals surface area contributed by atoms with Gasteiger partial charge < -0.3 is 14.3 Å². The van der Waals surface area contributed by atoms with Crippen molar-refractivity contribution in [2.45, 2.75) is 13.8 Å². The third-order valence-electron chi connectivity index (χ3n) is 4.59. The molecule has 0 bridgehead atoms. The van der Waals surface area contributed by atoms with Crippen molar-refractivity contribution in [1.82, 2.24) is 9.80 Å². The average molecular weight is 288 g/mol. The summed E-state index contributed by atoms with van der Waals surface area (Å²) in [6.45, 7) is 16.9. The van der Waals surface area contributed by atoms with Gasteiger partial charge in [0, 0.05) is 46.4 Å². The van der Waals surface area contributed by atoms with Crippen molar-refractivity contribution in [2.75, 3.05) is 85.8 Å². The maximum absolute atomic E-state index is 8.97. The molecule has 0 aliphatic carbocycles. The van der Waals surface area contributed by atoms with Crippen molar-refractivity contribution in [3.8, 4) is 0 Å². The van der Waals surface area contributed by atoms with Crippen LogP contribution in [0.2, 0.25) is 0 Å². The van der Waals surface area contributed by atoms with Gasteiger partial charge in [0.1, 0.15) is 0 Å². The molecule has 5 heteroatoms. The second-order valence-electron chi connectivity index (χ2n) is 5.64. The first-order valence-corrected chi connectivity index (χ1v) is 8.18. The lowest BCUT2D eigenvalue weighted by atomic mass is 10.1. The molecule has 0 amide bonds. The van der Waals surface area contributed by atoms with E-state index >= 15 is 0 Å². The van der Waals surface area contributed by atoms with Gasteiger partial charge in [-0.25, -0.2) is 0 Å². The summed E-state index contributed by atoms with van der Waals surface area (Å²) in [6.07, 6.45) is 0. The highest BCUT2D eigenvalue weighted by molar-refractivity contribution is 4.70. The maximum atomic E-state index is 8.97. The number of aliphatic hydroxyl groups excluding tert-OH is 1. The van der Waals surface area contributed by atoms with Crippen molar-refractivity contribution < 1.29 is 14.3 Å². The van der Waals surface area contributed by atoms with Crippen LogP contribution < -0.4 is 0 Å². The molecule has 1 N–H and O–H groups in total. The number of quaternary nitrogens is 1. The second kappa shape index (κ2) is 9.68. The highest BCUT2D eigenvalue weighted by Crippen LogP contribution is 2.17. The Morgan fingerprint density at radius 3 is 1.75 bits per heavy atom. The van der Waals surface area contributed by atoms with E-state index in [1.165, 1.54) is 43.8 Å². The van der Waals surface area contributed by atoms with Crippen LogP contribution in [0.25, 0.3) is 0 Å². The fraction of sp³-hybridized carbons (Fsp3) is 1.00. The fourth-order valence-corrected chi connectivity index (χ4v) is 3.12. The van der Waals surface area contributed by atoms with Gasteiger partial charge in [-0.2, -0.15) is 0 Å². The van der Waals surface area contributed by atoms with Crippen molar-refractivity contribution >= 4 is 0 Å². The van der Waals surface area contributed by atoms with Crippen LogP contribution in [-0.2, 0) is 4.74 Å². The SMILES string of the molecule is CC.COCCN1CC[N+]2(CCN(CCO)CC2)CC1. The summed E-state index contributed by atoms with van der Waals surface area (Å²) in [5, 5.41) is 8.97. The summed E-state index contributed by atoms with van der Waals surface area (Å²) in [6, 6.07) is 0. The number of ether oxygens (including phenoxy) is 1. The number of hydrogen-bond donors (Lipinski definition) is 1. The van der Waals surface area contributed by atoms with Gasteiger partial charge >= 0.3 is 0 Å². The predicted octanol–water partition coefficient (Wildman–Crippen LogP) is 0.0993. The summed E-state index contributed by atoms with van der Waals surface area (Å²) in [5.74, 6) is 0. The minimum Gasteiger partial charge on any atom is -0.395 e. The molecule has 2 rings (SSSR count). The minimum absolute atomic E-state index is 0.296. The normalized spacial score (nSPS) is 23.4. The minimum atomic E-state index is 0.296. The van der Waals surface area contributed by atoms with Gasteiger partial charge in [-0.15, -0.1) is 0 Å². The maximum Gasteiger partial charge on any atom is 0.0917 e. The van der Waals surface area contributed by atoms with E-state index in [2.05, 4.69) is 9.80 Å². The molecule has 120 valence electrons. The van der Waals surface area contributed by atoms with Crippen molar-refractivity contribution in [3.63, 3.8) is 0 Å². The molecule has 5 nitrogen and oxygen atoms in total. The lowest BCUT2D eigenvalue weighted by Gasteiger charge is -2.49. The Balaban J connectivity index is 0.000000956. The van der Waals surface area contributed by atoms with Gasteiger partial charge in [-0.1, -0.05) is 13.8 Å². The molecule has 0 aromatic carbocycles. The molecule has 2 fully saturated rings. The molecule has 1 spiro atoms. The van der Waals surface area contributed by atoms with Crippen LogP contribution in [0.3, 0.4) is 0 Å². The van der Waals surface area contributed by atoms with Crippen LogP contribution in [0.15, 0.2) is 0 Å². The van der Waals surface area contributed by atoms with E-state index in [1.807, 2.05) is 13.8 Å². The van der Waals surface area contributed by atoms with Gasteiger partial charge in [0.25, 0.3) is 0 Å². The summed E-state index contributed by atoms with van der Waals surface area (Å²) in [7, 11) is 1.78. The third kappa shape index (κ3) is 5.30. The molecule has 20 heavy (non-hydrogen) atoms. The Morgan fingerprint density at radius 1 is 0.900 bits per heavy atom. The number of hydrogen-bond acceptors (Lipinski definition) is 4. The lowest BCUT2D eigenvalue weighted by Crippen LogP contribution is -2.66. The average Bonchev–Trinajstić information content (AvgIpc) is 2.52. The Labute approximate surface area is 124 Å². The van der Waals surface area contributed by atoms with Crippen LogP contribution >= 0.6 is 0 Å². The Morgan fingerprint density at radius 2 is 1.35 bits per heavy atom. The zero-order valence-electron chi connectivity index (χ0n) is 13.7. The smallest absolute Gasteiger partial charge is 0.0917 e. The molecule has 2 aliphatic heterocycles. The number of rotatable bonds is 5. The van der Waals surface area contributed by atoms with Crippen molar-refractivity contribution in [3.05, 3.63) is 0 Å². The van der Waals surface area contributed by atoms with Crippen molar-refractivity contribution in [1.29, 1.82) is 0 Å². The first-order valence-electron chi connectivity index (χ1n) is 8.18. The van der Waals surface area contributed by atoms with Gasteiger partial charge in [-0.05, 0) is 0 Å². The fourth-order valence-electron chi connectivity index (χ4n) is 3.12. The number of aliphatic hydroxyl groups is 1. The van der Waals surface area contributed by atoms with Crippen LogP contribution in [0.5, 0.6) is 0 Å². The summed E-state index contributed by atoms with van der Waals surface area (Å²) in [5.41, 5.74) is 0. The number of methoxy groups -OCH3 is 1. The van der Waals surface area contributed by atoms with Gasteiger partial charge in [0.2, 0.25) is 0 Å². The highest BCUT2D eigenvalue weighted by Gasteiger charge is 2.35. The van der Waals surface area contributed by atoms with E-state index in [1.54, 1.807) is 7.11 Å². The topological polar surface area (TPSA) is 35.9 Å². The Hall–Kier alpha value is -0.200. The Kier molecular flexibility index (Phi) is 8.64. The van der Waals surface area contributed by atoms with E-state index in [0.29, 0.717) is 6.61 Å². The molecule has 2 aliphatic rings. The van der Waals surface area contributed by atoms with E-state index in [-0.39, 0.29) is 0 Å². The quantitative estimate of drug-likeness (QED) is 0.728. The first kappa shape index (κ1) is 17.9. The zero-order valence-corrected chi connectivity index (χ0v) is 13.7. The van der Waals surface area contributed by atoms with Crippen LogP contribution in [0.4, 0.5) is 0 Å². The lowest BCUT2D eigenvalue weighted by molar-refractivity contribution is -0.935. The van der Waals surface area contributed by atoms with Gasteiger partial charge in [-0.3, -0.25) is 9.80 Å². The van der Waals surface area contributed by atoms with Gasteiger partial charge in [0.05, 0.1) is 39.4 Å². The predicted molar refractivity (Wildman–Crippen MR) is 82.9 cm³/mol. The number of nitrogens with zero attached hydrogens (tertiary/aromatic N) is 3. The summed E-state index contributed by atoms with van der Waals surface area (Å²) >= 11 is 0. The molecule has 2 heterocycles. The third-order valence-corrected chi connectivity index (χ3v) is 4.59. The van der Waals surface area contributed by atoms with E-state index < -0.39 is 0 Å². The standard InChI is InChI=1S/C13H28N3O2.C2H6/c1-18-13-7-15-4-10-16(11-5-15)8-2-14(3-9-16)6-12-17;1-2/h17H,2-13H2,1H3;1-2H3/q+1;.